The molecule has 0 fully saturated rings. The highest BCUT2D eigenvalue weighted by molar-refractivity contribution is 5.94. The van der Waals surface area contributed by atoms with Crippen LogP contribution in [0, 0.1) is 13.8 Å². The highest BCUT2D eigenvalue weighted by atomic mass is 16.2. The van der Waals surface area contributed by atoms with E-state index in [9.17, 15) is 9.59 Å². The Balaban J connectivity index is 1.89. The number of carbonyl (C=O) groups excluding carboxylic acids is 1. The molecule has 4 rings (SSSR count). The molecular weight excluding hydrogens is 448 g/mol. The summed E-state index contributed by atoms with van der Waals surface area (Å²) in [6.45, 7) is 7.35. The van der Waals surface area contributed by atoms with Gasteiger partial charge < -0.3 is 10.6 Å². The van der Waals surface area contributed by atoms with Crippen LogP contribution in [0.4, 0.5) is 0 Å². The molecule has 1 amide bonds. The zero-order chi connectivity index (χ0) is 25.7. The van der Waals surface area contributed by atoms with E-state index in [1.165, 1.54) is 0 Å². The van der Waals surface area contributed by atoms with Crippen LogP contribution in [-0.2, 0) is 6.54 Å². The van der Waals surface area contributed by atoms with Gasteiger partial charge in [0, 0.05) is 12.1 Å². The van der Waals surface area contributed by atoms with Gasteiger partial charge in [-0.25, -0.2) is 4.98 Å². The molecule has 0 bridgehead atoms. The van der Waals surface area contributed by atoms with Crippen LogP contribution in [-0.4, -0.2) is 33.4 Å². The minimum atomic E-state index is -0.383. The number of nitrogens with zero attached hydrogens (tertiary/aromatic N) is 3. The van der Waals surface area contributed by atoms with E-state index in [0.717, 1.165) is 16.7 Å². The van der Waals surface area contributed by atoms with Crippen molar-refractivity contribution in [2.24, 2.45) is 5.73 Å². The van der Waals surface area contributed by atoms with Crippen molar-refractivity contribution in [3.05, 3.63) is 111 Å². The van der Waals surface area contributed by atoms with Crippen LogP contribution in [0.25, 0.3) is 10.9 Å². The summed E-state index contributed by atoms with van der Waals surface area (Å²) in [4.78, 5) is 34.4. The van der Waals surface area contributed by atoms with Crippen LogP contribution >= 0.6 is 0 Å². The third kappa shape index (κ3) is 5.39. The maximum Gasteiger partial charge on any atom is 0.261 e. The summed E-state index contributed by atoms with van der Waals surface area (Å²) in [5.74, 6) is 0.516. The van der Waals surface area contributed by atoms with Gasteiger partial charge in [-0.2, -0.15) is 0 Å². The molecule has 36 heavy (non-hydrogen) atoms. The second kappa shape index (κ2) is 11.3. The van der Waals surface area contributed by atoms with Gasteiger partial charge in [-0.3, -0.25) is 14.2 Å². The van der Waals surface area contributed by atoms with Crippen molar-refractivity contribution in [3.8, 4) is 0 Å². The first-order valence-corrected chi connectivity index (χ1v) is 12.6. The first-order valence-electron chi connectivity index (χ1n) is 12.6. The van der Waals surface area contributed by atoms with E-state index in [1.807, 2.05) is 98.5 Å². The maximum atomic E-state index is 13.8. The van der Waals surface area contributed by atoms with E-state index >= 15 is 0 Å². The smallest absolute Gasteiger partial charge is 0.261 e. The fourth-order valence-electron chi connectivity index (χ4n) is 4.59. The molecule has 4 aromatic rings. The third-order valence-electron chi connectivity index (χ3n) is 6.55. The summed E-state index contributed by atoms with van der Waals surface area (Å²) < 4.78 is 1.74. The van der Waals surface area contributed by atoms with Gasteiger partial charge in [-0.05, 0) is 68.6 Å². The van der Waals surface area contributed by atoms with Gasteiger partial charge in [-0.15, -0.1) is 0 Å². The molecule has 1 unspecified atom stereocenters. The van der Waals surface area contributed by atoms with E-state index in [2.05, 4.69) is 0 Å². The van der Waals surface area contributed by atoms with Crippen LogP contribution in [0.15, 0.2) is 77.6 Å². The van der Waals surface area contributed by atoms with Gasteiger partial charge in [-0.1, -0.05) is 61.0 Å². The number of hydrogen-bond donors (Lipinski definition) is 1. The third-order valence-corrected chi connectivity index (χ3v) is 6.55. The number of aromatic nitrogens is 2. The predicted octanol–water partition coefficient (Wildman–Crippen LogP) is 5.00. The van der Waals surface area contributed by atoms with E-state index in [1.54, 1.807) is 4.57 Å². The average Bonchev–Trinajstić information content (AvgIpc) is 2.89. The van der Waals surface area contributed by atoms with E-state index in [-0.39, 0.29) is 17.5 Å². The summed E-state index contributed by atoms with van der Waals surface area (Å²) in [6.07, 6.45) is 1.27. The summed E-state index contributed by atoms with van der Waals surface area (Å²) in [5, 5.41) is 0.577. The largest absolute Gasteiger partial charge is 0.330 e. The zero-order valence-corrected chi connectivity index (χ0v) is 21.3. The monoisotopic (exact) mass is 482 g/mol. The lowest BCUT2D eigenvalue weighted by Gasteiger charge is -2.32. The predicted molar refractivity (Wildman–Crippen MR) is 145 cm³/mol. The van der Waals surface area contributed by atoms with Crippen molar-refractivity contribution >= 4 is 16.8 Å². The molecule has 2 N–H and O–H groups in total. The molecule has 3 aromatic carbocycles. The second-order valence-corrected chi connectivity index (χ2v) is 9.30. The highest BCUT2D eigenvalue weighted by Crippen LogP contribution is 2.27. The number of hydrogen-bond acceptors (Lipinski definition) is 4. The van der Waals surface area contributed by atoms with Crippen LogP contribution in [0.1, 0.15) is 58.7 Å². The summed E-state index contributed by atoms with van der Waals surface area (Å²) in [5.41, 5.74) is 10.2. The second-order valence-electron chi connectivity index (χ2n) is 9.30. The van der Waals surface area contributed by atoms with Gasteiger partial charge in [0.15, 0.2) is 0 Å². The lowest BCUT2D eigenvalue weighted by molar-refractivity contribution is 0.0656. The number of nitrogens with two attached hydrogens (primary N) is 1. The quantitative estimate of drug-likeness (QED) is 0.364. The van der Waals surface area contributed by atoms with Crippen molar-refractivity contribution < 1.29 is 4.79 Å². The van der Waals surface area contributed by atoms with Crippen molar-refractivity contribution in [2.45, 2.75) is 46.2 Å². The van der Waals surface area contributed by atoms with Crippen LogP contribution in [0.3, 0.4) is 0 Å². The maximum absolute atomic E-state index is 13.8. The van der Waals surface area contributed by atoms with Crippen LogP contribution < -0.4 is 11.3 Å². The lowest BCUT2D eigenvalue weighted by Crippen LogP contribution is -2.40. The average molecular weight is 483 g/mol. The summed E-state index contributed by atoms with van der Waals surface area (Å²) in [7, 11) is 0. The Bertz CT molecular complexity index is 1390. The van der Waals surface area contributed by atoms with Crippen LogP contribution in [0.2, 0.25) is 0 Å². The van der Waals surface area contributed by atoms with Gasteiger partial charge in [0.25, 0.3) is 11.5 Å². The number of fused-ring (bicyclic) bond motifs is 1. The Morgan fingerprint density at radius 3 is 2.36 bits per heavy atom. The fourth-order valence-corrected chi connectivity index (χ4v) is 4.59. The van der Waals surface area contributed by atoms with Gasteiger partial charge in [0.2, 0.25) is 0 Å². The fraction of sp³-hybridized carbons (Fsp3) is 0.300. The molecule has 0 spiro atoms. The summed E-state index contributed by atoms with van der Waals surface area (Å²) >= 11 is 0. The summed E-state index contributed by atoms with van der Waals surface area (Å²) in [6, 6.07) is 22.8. The highest BCUT2D eigenvalue weighted by Gasteiger charge is 2.29. The van der Waals surface area contributed by atoms with Crippen molar-refractivity contribution in [2.75, 3.05) is 13.1 Å². The molecular formula is C30H34N4O2. The van der Waals surface area contributed by atoms with Gasteiger partial charge in [0.05, 0.1) is 23.5 Å². The topological polar surface area (TPSA) is 81.2 Å². The molecule has 1 atom stereocenters. The number of aryl methyl sites for hydroxylation is 2. The molecule has 6 nitrogen and oxygen atoms in total. The molecule has 1 aromatic heterocycles. The first kappa shape index (κ1) is 25.3. The van der Waals surface area contributed by atoms with E-state index in [4.69, 9.17) is 10.7 Å². The lowest BCUT2D eigenvalue weighted by atomic mass is 10.1. The molecule has 0 saturated carbocycles. The van der Waals surface area contributed by atoms with E-state index < -0.39 is 0 Å². The number of rotatable bonds is 9. The molecule has 0 saturated heterocycles. The molecule has 1 heterocycles. The normalized spacial score (nSPS) is 12.0. The molecule has 6 heteroatoms. The molecule has 0 aliphatic rings. The zero-order valence-electron chi connectivity index (χ0n) is 21.3. The minimum absolute atomic E-state index is 0.0832. The Kier molecular flexibility index (Phi) is 7.96. The molecule has 0 aliphatic heterocycles. The van der Waals surface area contributed by atoms with Crippen molar-refractivity contribution in [1.82, 2.24) is 14.5 Å². The number of amides is 1. The Morgan fingerprint density at radius 2 is 1.69 bits per heavy atom. The van der Waals surface area contributed by atoms with Crippen molar-refractivity contribution in [3.63, 3.8) is 0 Å². The number of carbonyl (C=O) groups is 1. The van der Waals surface area contributed by atoms with Crippen LogP contribution in [0.5, 0.6) is 0 Å². The van der Waals surface area contributed by atoms with Crippen molar-refractivity contribution in [1.29, 1.82) is 0 Å². The Hall–Kier alpha value is -3.77. The standard InChI is InChI=1S/C30H34N4O2/c1-4-27(33(18-8-17-31)29(35)24-14-11-21(2)12-15-24)28-32-26-19-22(3)13-16-25(26)30(36)34(28)20-23-9-6-5-7-10-23/h5-7,9-16,19,27H,4,8,17-18,20,31H2,1-3H3. The molecule has 0 radical (unpaired) electrons. The molecule has 0 aliphatic carbocycles. The SMILES string of the molecule is CCC(c1nc2cc(C)ccc2c(=O)n1Cc1ccccc1)N(CCCN)C(=O)c1ccc(C)cc1. The number of benzene rings is 3. The van der Waals surface area contributed by atoms with Gasteiger partial charge >= 0.3 is 0 Å². The first-order chi connectivity index (χ1) is 17.4. The Labute approximate surface area is 212 Å². The van der Waals surface area contributed by atoms with E-state index in [0.29, 0.717) is 54.8 Å². The Morgan fingerprint density at radius 1 is 1.00 bits per heavy atom. The molecule has 186 valence electrons. The van der Waals surface area contributed by atoms with Gasteiger partial charge in [0.1, 0.15) is 5.82 Å². The minimum Gasteiger partial charge on any atom is -0.330 e.